The molecule has 0 radical (unpaired) electrons. The third-order valence-corrected chi connectivity index (χ3v) is 4.61. The Bertz CT molecular complexity index is 663. The van der Waals surface area contributed by atoms with Crippen molar-refractivity contribution in [1.29, 1.82) is 0 Å². The van der Waals surface area contributed by atoms with E-state index in [1.807, 2.05) is 30.6 Å². The summed E-state index contributed by atoms with van der Waals surface area (Å²) in [6.45, 7) is 1.67. The predicted molar refractivity (Wildman–Crippen MR) is 97.7 cm³/mol. The van der Waals surface area contributed by atoms with Gasteiger partial charge >= 0.3 is 0 Å². The Morgan fingerprint density at radius 3 is 2.36 bits per heavy atom. The molecule has 6 nitrogen and oxygen atoms in total. The molecule has 1 aromatic heterocycles. The maximum Gasteiger partial charge on any atom is 0.275 e. The zero-order chi connectivity index (χ0) is 18.2. The normalized spacial score (nSPS) is 11.7. The van der Waals surface area contributed by atoms with Crippen LogP contribution in [0.3, 0.4) is 0 Å². The summed E-state index contributed by atoms with van der Waals surface area (Å²) in [5.41, 5.74) is 0.888. The Kier molecular flexibility index (Phi) is 7.09. The fraction of sp³-hybridized carbons (Fsp3) is 0.389. The van der Waals surface area contributed by atoms with E-state index in [1.165, 1.54) is 4.88 Å². The van der Waals surface area contributed by atoms with Crippen molar-refractivity contribution in [2.45, 2.75) is 13.1 Å². The van der Waals surface area contributed by atoms with E-state index in [9.17, 15) is 4.79 Å². The van der Waals surface area contributed by atoms with Crippen LogP contribution in [0.25, 0.3) is 0 Å². The highest BCUT2D eigenvalue weighted by molar-refractivity contribution is 7.09. The van der Waals surface area contributed by atoms with Crippen LogP contribution in [0.1, 0.15) is 10.4 Å². The lowest BCUT2D eigenvalue weighted by molar-refractivity contribution is -0.885. The number of hydrogen-bond acceptors (Lipinski definition) is 5. The molecule has 136 valence electrons. The summed E-state index contributed by atoms with van der Waals surface area (Å²) in [5.74, 6) is 1.70. The summed E-state index contributed by atoms with van der Waals surface area (Å²) < 4.78 is 16.0. The number of carbonyl (C=O) groups is 1. The molecular weight excluding hydrogens is 340 g/mol. The molecule has 1 heterocycles. The van der Waals surface area contributed by atoms with Gasteiger partial charge < -0.3 is 24.4 Å². The van der Waals surface area contributed by atoms with Crippen LogP contribution in [0.4, 0.5) is 0 Å². The molecule has 0 aliphatic carbocycles. The minimum absolute atomic E-state index is 0.00260. The SMILES string of the molecule is COc1cc(CNC(=O)C[NH+](C)Cc2cccs2)cc(OC)c1OC. The number of nitrogens with one attached hydrogen (secondary N) is 2. The molecule has 0 spiro atoms. The minimum Gasteiger partial charge on any atom is -0.493 e. The van der Waals surface area contributed by atoms with Gasteiger partial charge in [-0.2, -0.15) is 0 Å². The smallest absolute Gasteiger partial charge is 0.275 e. The van der Waals surface area contributed by atoms with Gasteiger partial charge in [-0.25, -0.2) is 0 Å². The molecule has 2 N–H and O–H groups in total. The molecule has 0 fully saturated rings. The standard InChI is InChI=1S/C18H24N2O4S/c1-20(11-14-6-5-7-25-14)12-17(21)19-10-13-8-15(22-2)18(24-4)16(9-13)23-3/h5-9H,10-12H2,1-4H3,(H,19,21)/p+1. The molecule has 1 unspecified atom stereocenters. The van der Waals surface area contributed by atoms with E-state index < -0.39 is 0 Å². The number of carbonyl (C=O) groups excluding carboxylic acids is 1. The van der Waals surface area contributed by atoms with Crippen LogP contribution in [-0.4, -0.2) is 40.8 Å². The van der Waals surface area contributed by atoms with Gasteiger partial charge in [-0.15, -0.1) is 11.3 Å². The quantitative estimate of drug-likeness (QED) is 0.699. The molecule has 2 aromatic rings. The molecule has 0 aliphatic rings. The first-order chi connectivity index (χ1) is 12.1. The van der Waals surface area contributed by atoms with E-state index in [2.05, 4.69) is 11.4 Å². The molecule has 2 rings (SSSR count). The predicted octanol–water partition coefficient (Wildman–Crippen LogP) is 1.11. The fourth-order valence-electron chi connectivity index (χ4n) is 2.55. The summed E-state index contributed by atoms with van der Waals surface area (Å²) >= 11 is 1.71. The molecule has 0 saturated heterocycles. The second kappa shape index (κ2) is 9.29. The van der Waals surface area contributed by atoms with Crippen molar-refractivity contribution >= 4 is 17.2 Å². The van der Waals surface area contributed by atoms with E-state index in [0.29, 0.717) is 30.3 Å². The summed E-state index contributed by atoms with van der Waals surface area (Å²) in [6.07, 6.45) is 0. The van der Waals surface area contributed by atoms with Crippen LogP contribution in [0.2, 0.25) is 0 Å². The number of hydrogen-bond donors (Lipinski definition) is 2. The Labute approximate surface area is 152 Å². The first kappa shape index (κ1) is 19.1. The Morgan fingerprint density at radius 2 is 1.84 bits per heavy atom. The minimum atomic E-state index is 0.00260. The Morgan fingerprint density at radius 1 is 1.16 bits per heavy atom. The lowest BCUT2D eigenvalue weighted by Gasteiger charge is -2.15. The molecule has 0 saturated carbocycles. The molecule has 1 amide bonds. The van der Waals surface area contributed by atoms with Gasteiger partial charge in [0.25, 0.3) is 5.91 Å². The van der Waals surface area contributed by atoms with Gasteiger partial charge in [0.2, 0.25) is 5.75 Å². The highest BCUT2D eigenvalue weighted by Crippen LogP contribution is 2.38. The zero-order valence-corrected chi connectivity index (χ0v) is 15.9. The monoisotopic (exact) mass is 365 g/mol. The van der Waals surface area contributed by atoms with Gasteiger partial charge in [-0.3, -0.25) is 4.79 Å². The maximum absolute atomic E-state index is 12.2. The Hall–Kier alpha value is -2.25. The van der Waals surface area contributed by atoms with E-state index in [1.54, 1.807) is 32.7 Å². The number of benzene rings is 1. The van der Waals surface area contributed by atoms with Gasteiger partial charge in [0.1, 0.15) is 6.54 Å². The van der Waals surface area contributed by atoms with Gasteiger partial charge in [-0.05, 0) is 29.1 Å². The first-order valence-electron chi connectivity index (χ1n) is 7.96. The highest BCUT2D eigenvalue weighted by Gasteiger charge is 2.15. The summed E-state index contributed by atoms with van der Waals surface area (Å²) in [4.78, 5) is 14.6. The molecule has 1 aromatic carbocycles. The molecule has 0 aliphatic heterocycles. The summed E-state index contributed by atoms with van der Waals surface area (Å²) in [7, 11) is 6.72. The summed E-state index contributed by atoms with van der Waals surface area (Å²) in [5, 5.41) is 4.99. The van der Waals surface area contributed by atoms with Crippen LogP contribution in [0, 0.1) is 0 Å². The number of quaternary nitrogens is 1. The van der Waals surface area contributed by atoms with Crippen molar-refractivity contribution in [3.63, 3.8) is 0 Å². The second-order valence-electron chi connectivity index (χ2n) is 5.70. The van der Waals surface area contributed by atoms with E-state index in [4.69, 9.17) is 14.2 Å². The highest BCUT2D eigenvalue weighted by atomic mass is 32.1. The first-order valence-corrected chi connectivity index (χ1v) is 8.84. The van der Waals surface area contributed by atoms with E-state index in [0.717, 1.165) is 17.0 Å². The number of likely N-dealkylation sites (N-methyl/N-ethyl adjacent to an activating group) is 1. The number of methoxy groups -OCH3 is 3. The average molecular weight is 365 g/mol. The van der Waals surface area contributed by atoms with Crippen molar-refractivity contribution in [3.8, 4) is 17.2 Å². The van der Waals surface area contributed by atoms with Crippen molar-refractivity contribution in [1.82, 2.24) is 5.32 Å². The maximum atomic E-state index is 12.2. The third-order valence-electron chi connectivity index (χ3n) is 3.73. The van der Waals surface area contributed by atoms with Crippen molar-refractivity contribution < 1.29 is 23.9 Å². The largest absolute Gasteiger partial charge is 0.493 e. The van der Waals surface area contributed by atoms with Crippen molar-refractivity contribution in [2.24, 2.45) is 0 Å². The lowest BCUT2D eigenvalue weighted by atomic mass is 10.1. The molecule has 25 heavy (non-hydrogen) atoms. The second-order valence-corrected chi connectivity index (χ2v) is 6.73. The summed E-state index contributed by atoms with van der Waals surface area (Å²) in [6, 6.07) is 7.79. The number of thiophene rings is 1. The van der Waals surface area contributed by atoms with E-state index in [-0.39, 0.29) is 5.91 Å². The van der Waals surface area contributed by atoms with Gasteiger partial charge in [0, 0.05) is 6.54 Å². The van der Waals surface area contributed by atoms with Crippen molar-refractivity contribution in [3.05, 3.63) is 40.1 Å². The lowest BCUT2D eigenvalue weighted by Crippen LogP contribution is -3.08. The number of rotatable bonds is 9. The van der Waals surface area contributed by atoms with E-state index >= 15 is 0 Å². The fourth-order valence-corrected chi connectivity index (χ4v) is 3.37. The number of ether oxygens (including phenoxy) is 3. The zero-order valence-electron chi connectivity index (χ0n) is 15.0. The molecule has 7 heteroatoms. The Balaban J connectivity index is 1.92. The van der Waals surface area contributed by atoms with Crippen molar-refractivity contribution in [2.75, 3.05) is 34.9 Å². The number of amides is 1. The van der Waals surface area contributed by atoms with Gasteiger partial charge in [-0.1, -0.05) is 6.07 Å². The topological polar surface area (TPSA) is 61.2 Å². The molecule has 1 atom stereocenters. The average Bonchev–Trinajstić information content (AvgIpc) is 3.11. The van der Waals surface area contributed by atoms with Crippen LogP contribution >= 0.6 is 11.3 Å². The molecule has 0 bridgehead atoms. The van der Waals surface area contributed by atoms with Crippen LogP contribution in [0.5, 0.6) is 17.2 Å². The van der Waals surface area contributed by atoms with Gasteiger partial charge in [0.15, 0.2) is 18.0 Å². The van der Waals surface area contributed by atoms with Crippen LogP contribution in [-0.2, 0) is 17.9 Å². The third kappa shape index (κ3) is 5.37. The van der Waals surface area contributed by atoms with Crippen LogP contribution < -0.4 is 24.4 Å². The van der Waals surface area contributed by atoms with Crippen LogP contribution in [0.15, 0.2) is 29.6 Å². The van der Waals surface area contributed by atoms with Gasteiger partial charge in [0.05, 0.1) is 33.3 Å². The molecular formula is C18H25N2O4S+.